The molecule has 0 spiro atoms. The molecule has 22 heavy (non-hydrogen) atoms. The van der Waals surface area contributed by atoms with Gasteiger partial charge in [0.1, 0.15) is 0 Å². The van der Waals surface area contributed by atoms with Gasteiger partial charge in [-0.25, -0.2) is 0 Å². The number of carbonyl (C=O) groups excluding carboxylic acids is 1. The summed E-state index contributed by atoms with van der Waals surface area (Å²) in [7, 11) is -0.984. The van der Waals surface area contributed by atoms with Crippen LogP contribution in [0, 0.1) is 13.8 Å². The van der Waals surface area contributed by atoms with Crippen molar-refractivity contribution < 1.29 is 9.00 Å². The van der Waals surface area contributed by atoms with Gasteiger partial charge in [-0.3, -0.25) is 9.00 Å². The summed E-state index contributed by atoms with van der Waals surface area (Å²) in [4.78, 5) is 15.5. The van der Waals surface area contributed by atoms with E-state index in [-0.39, 0.29) is 11.9 Å². The molecule has 1 aromatic heterocycles. The quantitative estimate of drug-likeness (QED) is 0.909. The van der Waals surface area contributed by atoms with Crippen molar-refractivity contribution >= 4 is 28.0 Å². The lowest BCUT2D eigenvalue weighted by molar-refractivity contribution is -0.121. The molecule has 3 nitrogen and oxygen atoms in total. The van der Waals surface area contributed by atoms with E-state index in [1.54, 1.807) is 17.6 Å². The second-order valence-corrected chi connectivity index (χ2v) is 8.27. The highest BCUT2D eigenvalue weighted by atomic mass is 32.2. The highest BCUT2D eigenvalue weighted by Gasteiger charge is 2.14. The zero-order valence-electron chi connectivity index (χ0n) is 13.3. The molecule has 2 unspecified atom stereocenters. The van der Waals surface area contributed by atoms with Crippen molar-refractivity contribution in [2.24, 2.45) is 0 Å². The van der Waals surface area contributed by atoms with Crippen LogP contribution in [0.1, 0.15) is 33.8 Å². The van der Waals surface area contributed by atoms with E-state index in [9.17, 15) is 9.00 Å². The number of hydrogen-bond donors (Lipinski definition) is 1. The average molecular weight is 335 g/mol. The standard InChI is InChI=1S/C17H21NO2S2/c1-11-9-16(13(3)21-11)12(2)18-17(19)10-14-5-7-15(8-6-14)22(4)20/h5-9,12H,10H2,1-4H3,(H,18,19). The Bertz CT molecular complexity index is 689. The van der Waals surface area contributed by atoms with Crippen molar-refractivity contribution in [1.82, 2.24) is 5.32 Å². The summed E-state index contributed by atoms with van der Waals surface area (Å²) in [6.45, 7) is 6.17. The van der Waals surface area contributed by atoms with E-state index in [0.29, 0.717) is 6.42 Å². The SMILES string of the molecule is Cc1cc(C(C)NC(=O)Cc2ccc(S(C)=O)cc2)c(C)s1. The molecule has 0 aliphatic carbocycles. The van der Waals surface area contributed by atoms with E-state index in [1.165, 1.54) is 15.3 Å². The van der Waals surface area contributed by atoms with E-state index < -0.39 is 10.8 Å². The van der Waals surface area contributed by atoms with Crippen LogP contribution in [0.2, 0.25) is 0 Å². The maximum Gasteiger partial charge on any atom is 0.224 e. The number of benzene rings is 1. The van der Waals surface area contributed by atoms with Gasteiger partial charge >= 0.3 is 0 Å². The number of amides is 1. The van der Waals surface area contributed by atoms with Crippen LogP contribution in [0.4, 0.5) is 0 Å². The summed E-state index contributed by atoms with van der Waals surface area (Å²) in [6, 6.07) is 9.50. The Balaban J connectivity index is 1.97. The topological polar surface area (TPSA) is 46.2 Å². The van der Waals surface area contributed by atoms with E-state index in [0.717, 1.165) is 10.5 Å². The van der Waals surface area contributed by atoms with Gasteiger partial charge in [-0.05, 0) is 50.1 Å². The first-order chi connectivity index (χ1) is 10.4. The minimum Gasteiger partial charge on any atom is -0.349 e. The maximum atomic E-state index is 12.2. The van der Waals surface area contributed by atoms with Crippen LogP contribution in [-0.4, -0.2) is 16.4 Å². The van der Waals surface area contributed by atoms with E-state index in [2.05, 4.69) is 25.2 Å². The summed E-state index contributed by atoms with van der Waals surface area (Å²) < 4.78 is 11.3. The molecule has 1 heterocycles. The van der Waals surface area contributed by atoms with Gasteiger partial charge in [0.15, 0.2) is 0 Å². The summed E-state index contributed by atoms with van der Waals surface area (Å²) in [5.41, 5.74) is 2.12. The zero-order valence-corrected chi connectivity index (χ0v) is 14.9. The number of nitrogens with one attached hydrogen (secondary N) is 1. The molecule has 0 radical (unpaired) electrons. The number of thiophene rings is 1. The van der Waals surface area contributed by atoms with Gasteiger partial charge < -0.3 is 5.32 Å². The summed E-state index contributed by atoms with van der Waals surface area (Å²) >= 11 is 1.75. The predicted molar refractivity (Wildman–Crippen MR) is 92.8 cm³/mol. The predicted octanol–water partition coefficient (Wildman–Crippen LogP) is 3.52. The fourth-order valence-corrected chi connectivity index (χ4v) is 3.98. The lowest BCUT2D eigenvalue weighted by Crippen LogP contribution is -2.28. The number of rotatable bonds is 5. The third-order valence-electron chi connectivity index (χ3n) is 3.54. The Hall–Kier alpha value is -1.46. The highest BCUT2D eigenvalue weighted by Crippen LogP contribution is 2.26. The van der Waals surface area contributed by atoms with Crippen molar-refractivity contribution in [2.45, 2.75) is 38.1 Å². The van der Waals surface area contributed by atoms with Crippen molar-refractivity contribution in [3.05, 3.63) is 51.2 Å². The van der Waals surface area contributed by atoms with E-state index in [4.69, 9.17) is 0 Å². The van der Waals surface area contributed by atoms with Gasteiger partial charge in [-0.15, -0.1) is 11.3 Å². The van der Waals surface area contributed by atoms with E-state index >= 15 is 0 Å². The first kappa shape index (κ1) is 16.9. The lowest BCUT2D eigenvalue weighted by Gasteiger charge is -2.14. The van der Waals surface area contributed by atoms with Crippen LogP contribution in [0.5, 0.6) is 0 Å². The molecule has 1 N–H and O–H groups in total. The van der Waals surface area contributed by atoms with Crippen LogP contribution in [-0.2, 0) is 22.0 Å². The molecule has 0 bridgehead atoms. The molecule has 5 heteroatoms. The molecule has 2 aromatic rings. The number of carbonyl (C=O) groups is 1. The molecule has 0 aliphatic heterocycles. The third-order valence-corrected chi connectivity index (χ3v) is 5.46. The molecular weight excluding hydrogens is 314 g/mol. The van der Waals surface area contributed by atoms with Gasteiger partial charge in [0, 0.05) is 31.7 Å². The second-order valence-electron chi connectivity index (χ2n) is 5.43. The smallest absolute Gasteiger partial charge is 0.224 e. The van der Waals surface area contributed by atoms with Crippen LogP contribution >= 0.6 is 11.3 Å². The van der Waals surface area contributed by atoms with Gasteiger partial charge in [0.2, 0.25) is 5.91 Å². The van der Waals surface area contributed by atoms with Gasteiger partial charge in [0.25, 0.3) is 0 Å². The normalized spacial score (nSPS) is 13.6. The minimum atomic E-state index is -0.984. The van der Waals surface area contributed by atoms with Gasteiger partial charge in [-0.2, -0.15) is 0 Å². The third kappa shape index (κ3) is 4.27. The van der Waals surface area contributed by atoms with Crippen molar-refractivity contribution in [2.75, 3.05) is 6.26 Å². The number of aryl methyl sites for hydroxylation is 2. The largest absolute Gasteiger partial charge is 0.349 e. The number of hydrogen-bond acceptors (Lipinski definition) is 3. The van der Waals surface area contributed by atoms with Crippen LogP contribution in [0.25, 0.3) is 0 Å². The average Bonchev–Trinajstić information content (AvgIpc) is 2.78. The van der Waals surface area contributed by atoms with Gasteiger partial charge in [-0.1, -0.05) is 12.1 Å². The summed E-state index contributed by atoms with van der Waals surface area (Å²) in [5.74, 6) is 0.00104. The molecule has 0 saturated carbocycles. The van der Waals surface area contributed by atoms with Crippen LogP contribution in [0.15, 0.2) is 35.2 Å². The van der Waals surface area contributed by atoms with Crippen LogP contribution in [0.3, 0.4) is 0 Å². The van der Waals surface area contributed by atoms with Gasteiger partial charge in [0.05, 0.1) is 12.5 Å². The maximum absolute atomic E-state index is 12.2. The monoisotopic (exact) mass is 335 g/mol. The fraction of sp³-hybridized carbons (Fsp3) is 0.353. The van der Waals surface area contributed by atoms with Crippen molar-refractivity contribution in [1.29, 1.82) is 0 Å². The summed E-state index contributed by atoms with van der Waals surface area (Å²) in [5, 5.41) is 3.04. The Kier molecular flexibility index (Phi) is 5.53. The Labute approximate surface area is 138 Å². The molecule has 0 fully saturated rings. The first-order valence-electron chi connectivity index (χ1n) is 7.15. The van der Waals surface area contributed by atoms with E-state index in [1.807, 2.05) is 31.2 Å². The molecular formula is C17H21NO2S2. The fourth-order valence-electron chi connectivity index (χ4n) is 2.43. The molecule has 0 saturated heterocycles. The Morgan fingerprint density at radius 1 is 1.27 bits per heavy atom. The van der Waals surface area contributed by atoms with Crippen molar-refractivity contribution in [3.8, 4) is 0 Å². The molecule has 0 aliphatic rings. The van der Waals surface area contributed by atoms with Crippen LogP contribution < -0.4 is 5.32 Å². The van der Waals surface area contributed by atoms with Crippen molar-refractivity contribution in [3.63, 3.8) is 0 Å². The highest BCUT2D eigenvalue weighted by molar-refractivity contribution is 7.84. The Morgan fingerprint density at radius 2 is 1.91 bits per heavy atom. The summed E-state index contributed by atoms with van der Waals surface area (Å²) in [6.07, 6.45) is 1.98. The zero-order chi connectivity index (χ0) is 16.3. The lowest BCUT2D eigenvalue weighted by atomic mass is 10.1. The Morgan fingerprint density at radius 3 is 2.41 bits per heavy atom. The molecule has 1 amide bonds. The molecule has 118 valence electrons. The molecule has 2 rings (SSSR count). The molecule has 1 aromatic carbocycles. The second kappa shape index (κ2) is 7.20. The molecule has 2 atom stereocenters. The first-order valence-corrected chi connectivity index (χ1v) is 9.53. The minimum absolute atomic E-state index is 0.00104.